The van der Waals surface area contributed by atoms with Crippen LogP contribution < -0.4 is 11.5 Å². The monoisotopic (exact) mass is 366 g/mol. The van der Waals surface area contributed by atoms with E-state index in [9.17, 15) is 9.90 Å². The predicted molar refractivity (Wildman–Crippen MR) is 93.8 cm³/mol. The highest BCUT2D eigenvalue weighted by Gasteiger charge is 2.37. The van der Waals surface area contributed by atoms with Gasteiger partial charge in [-0.15, -0.1) is 11.3 Å². The predicted octanol–water partition coefficient (Wildman–Crippen LogP) is 0.991. The normalized spacial score (nSPS) is 24.8. The second-order valence-corrected chi connectivity index (χ2v) is 7.37. The summed E-state index contributed by atoms with van der Waals surface area (Å²) in [6, 6.07) is -0.685. The van der Waals surface area contributed by atoms with E-state index in [0.717, 1.165) is 15.8 Å². The molecule has 0 amide bonds. The van der Waals surface area contributed by atoms with Crippen molar-refractivity contribution in [1.29, 1.82) is 0 Å². The molecule has 0 radical (unpaired) electrons. The van der Waals surface area contributed by atoms with E-state index < -0.39 is 24.2 Å². The third kappa shape index (κ3) is 3.59. The maximum atomic E-state index is 11.9. The summed E-state index contributed by atoms with van der Waals surface area (Å²) >= 11 is 1.44. The van der Waals surface area contributed by atoms with Crippen LogP contribution in [0.1, 0.15) is 31.9 Å². The maximum absolute atomic E-state index is 11.9. The van der Waals surface area contributed by atoms with Crippen molar-refractivity contribution in [3.8, 4) is 0 Å². The Labute approximate surface area is 149 Å². The Kier molecular flexibility index (Phi) is 5.19. The lowest BCUT2D eigenvalue weighted by atomic mass is 10.1. The van der Waals surface area contributed by atoms with Gasteiger partial charge in [-0.25, -0.2) is 9.97 Å². The molecule has 8 nitrogen and oxygen atoms in total. The molecule has 0 bridgehead atoms. The molecule has 1 aliphatic heterocycles. The van der Waals surface area contributed by atoms with Crippen molar-refractivity contribution < 1.29 is 19.4 Å². The topological polar surface area (TPSA) is 134 Å². The average Bonchev–Trinajstić information content (AvgIpc) is 3.16. The molecule has 1 fully saturated rings. The van der Waals surface area contributed by atoms with E-state index in [4.69, 9.17) is 20.9 Å². The number of hydrogen-bond donors (Lipinski definition) is 3. The van der Waals surface area contributed by atoms with Gasteiger partial charge in [0, 0.05) is 12.0 Å². The number of anilines is 1. The maximum Gasteiger partial charge on any atom is 0.323 e. The van der Waals surface area contributed by atoms with Gasteiger partial charge in [-0.05, 0) is 11.3 Å². The number of ether oxygens (including phenoxy) is 2. The number of carbonyl (C=O) groups excluding carboxylic acids is 1. The van der Waals surface area contributed by atoms with Crippen LogP contribution >= 0.6 is 11.3 Å². The lowest BCUT2D eigenvalue weighted by Crippen LogP contribution is -2.39. The Hall–Kier alpha value is -1.81. The first-order valence-electron chi connectivity index (χ1n) is 8.11. The van der Waals surface area contributed by atoms with Crippen molar-refractivity contribution >= 4 is 33.3 Å². The number of nitrogens with two attached hydrogens (primary N) is 2. The van der Waals surface area contributed by atoms with Gasteiger partial charge in [-0.1, -0.05) is 13.8 Å². The molecule has 2 aromatic heterocycles. The molecule has 1 saturated heterocycles. The number of nitrogen functional groups attached to an aromatic ring is 1. The highest BCUT2D eigenvalue weighted by atomic mass is 32.1. The lowest BCUT2D eigenvalue weighted by molar-refractivity contribution is -0.151. The van der Waals surface area contributed by atoms with Crippen LogP contribution in [0.4, 0.5) is 5.82 Å². The van der Waals surface area contributed by atoms with Crippen molar-refractivity contribution in [1.82, 2.24) is 9.97 Å². The summed E-state index contributed by atoms with van der Waals surface area (Å²) in [5.41, 5.74) is 13.2. The number of esters is 1. The first-order valence-corrected chi connectivity index (χ1v) is 8.99. The quantitative estimate of drug-likeness (QED) is 0.667. The van der Waals surface area contributed by atoms with Crippen molar-refractivity contribution in [2.24, 2.45) is 11.7 Å². The van der Waals surface area contributed by atoms with E-state index in [1.165, 1.54) is 17.7 Å². The fraction of sp³-hybridized carbons (Fsp3) is 0.562. The van der Waals surface area contributed by atoms with Crippen LogP contribution in [0.3, 0.4) is 0 Å². The molecule has 136 valence electrons. The summed E-state index contributed by atoms with van der Waals surface area (Å²) in [5.74, 6) is -0.0827. The molecule has 4 unspecified atom stereocenters. The van der Waals surface area contributed by atoms with Crippen molar-refractivity contribution in [3.63, 3.8) is 0 Å². The fourth-order valence-corrected chi connectivity index (χ4v) is 3.69. The highest BCUT2D eigenvalue weighted by molar-refractivity contribution is 7.17. The minimum atomic E-state index is -0.734. The molecule has 9 heteroatoms. The largest absolute Gasteiger partial charge is 0.462 e. The van der Waals surface area contributed by atoms with E-state index in [-0.39, 0.29) is 18.6 Å². The number of nitrogens with zero attached hydrogens (tertiary/aromatic N) is 2. The minimum absolute atomic E-state index is 0.0167. The summed E-state index contributed by atoms with van der Waals surface area (Å²) in [5, 5.41) is 12.2. The van der Waals surface area contributed by atoms with Crippen LogP contribution in [0.2, 0.25) is 0 Å². The van der Waals surface area contributed by atoms with Crippen LogP contribution in [-0.4, -0.2) is 45.9 Å². The van der Waals surface area contributed by atoms with E-state index in [1.54, 1.807) is 0 Å². The van der Waals surface area contributed by atoms with Gasteiger partial charge in [0.15, 0.2) is 0 Å². The number of carbonyl (C=O) groups is 1. The molecule has 3 rings (SSSR count). The van der Waals surface area contributed by atoms with Crippen molar-refractivity contribution in [3.05, 3.63) is 17.3 Å². The number of aliphatic hydroxyl groups is 1. The van der Waals surface area contributed by atoms with Gasteiger partial charge in [-0.2, -0.15) is 0 Å². The van der Waals surface area contributed by atoms with Crippen molar-refractivity contribution in [2.75, 3.05) is 12.3 Å². The molecule has 0 aromatic carbocycles. The molecule has 2 aromatic rings. The van der Waals surface area contributed by atoms with E-state index in [1.807, 2.05) is 19.2 Å². The number of fused-ring (bicyclic) bond motifs is 1. The zero-order chi connectivity index (χ0) is 18.1. The van der Waals surface area contributed by atoms with Gasteiger partial charge in [0.05, 0.1) is 22.4 Å². The Morgan fingerprint density at radius 3 is 3.00 bits per heavy atom. The SMILES string of the molecule is CC(C)C(N)C(=O)OCC1OC(c2csc3c(N)ncnc23)CC1O. The first kappa shape index (κ1) is 18.0. The summed E-state index contributed by atoms with van der Waals surface area (Å²) in [6.07, 6.45) is 0.144. The second kappa shape index (κ2) is 7.20. The Bertz CT molecular complexity index is 766. The Balaban J connectivity index is 1.67. The standard InChI is InChI=1S/C16H22N4O4S/c1-7(2)12(17)16(22)23-4-11-9(21)3-10(24-11)8-5-25-14-13(8)19-6-20-15(14)18/h5-7,9-12,21H,3-4,17H2,1-2H3,(H2,18,19,20). The smallest absolute Gasteiger partial charge is 0.323 e. The molecular formula is C16H22N4O4S. The van der Waals surface area contributed by atoms with E-state index in [0.29, 0.717) is 12.2 Å². The van der Waals surface area contributed by atoms with Gasteiger partial charge < -0.3 is 26.0 Å². The number of thiophene rings is 1. The summed E-state index contributed by atoms with van der Waals surface area (Å²) in [4.78, 5) is 20.1. The van der Waals surface area contributed by atoms with Crippen LogP contribution in [0.25, 0.3) is 10.2 Å². The second-order valence-electron chi connectivity index (χ2n) is 6.49. The van der Waals surface area contributed by atoms with Crippen LogP contribution in [0.15, 0.2) is 11.7 Å². The molecule has 1 aliphatic rings. The highest BCUT2D eigenvalue weighted by Crippen LogP contribution is 2.39. The van der Waals surface area contributed by atoms with E-state index >= 15 is 0 Å². The molecule has 4 atom stereocenters. The third-order valence-corrected chi connectivity index (χ3v) is 5.37. The van der Waals surface area contributed by atoms with Gasteiger partial charge in [0.1, 0.15) is 30.9 Å². The molecule has 3 heterocycles. The van der Waals surface area contributed by atoms with Crippen molar-refractivity contribution in [2.45, 2.75) is 44.6 Å². The number of rotatable bonds is 5. The zero-order valence-corrected chi connectivity index (χ0v) is 14.9. The summed E-state index contributed by atoms with van der Waals surface area (Å²) < 4.78 is 11.9. The van der Waals surface area contributed by atoms with Gasteiger partial charge >= 0.3 is 5.97 Å². The lowest BCUT2D eigenvalue weighted by Gasteiger charge is -2.18. The third-order valence-electron chi connectivity index (χ3n) is 4.36. The molecule has 0 spiro atoms. The number of aromatic nitrogens is 2. The molecule has 0 aliphatic carbocycles. The zero-order valence-electron chi connectivity index (χ0n) is 14.1. The van der Waals surface area contributed by atoms with Gasteiger partial charge in [0.2, 0.25) is 0 Å². The summed E-state index contributed by atoms with van der Waals surface area (Å²) in [6.45, 7) is 3.66. The molecule has 0 saturated carbocycles. The fourth-order valence-electron chi connectivity index (χ4n) is 2.73. The van der Waals surface area contributed by atoms with E-state index in [2.05, 4.69) is 9.97 Å². The number of aliphatic hydroxyl groups excluding tert-OH is 1. The van der Waals surface area contributed by atoms with Crippen LogP contribution in [0, 0.1) is 5.92 Å². The van der Waals surface area contributed by atoms with Gasteiger partial charge in [0.25, 0.3) is 0 Å². The Morgan fingerprint density at radius 1 is 1.52 bits per heavy atom. The average molecular weight is 366 g/mol. The molecule has 25 heavy (non-hydrogen) atoms. The minimum Gasteiger partial charge on any atom is -0.462 e. The first-order chi connectivity index (χ1) is 11.9. The molecular weight excluding hydrogens is 344 g/mol. The van der Waals surface area contributed by atoms with Gasteiger partial charge in [-0.3, -0.25) is 4.79 Å². The molecule has 5 N–H and O–H groups in total. The Morgan fingerprint density at radius 2 is 2.28 bits per heavy atom. The van der Waals surface area contributed by atoms with Crippen LogP contribution in [-0.2, 0) is 14.3 Å². The van der Waals surface area contributed by atoms with Crippen LogP contribution in [0.5, 0.6) is 0 Å². The summed E-state index contributed by atoms with van der Waals surface area (Å²) in [7, 11) is 0. The number of hydrogen-bond acceptors (Lipinski definition) is 9.